The molecule has 1 unspecified atom stereocenters. The van der Waals surface area contributed by atoms with Crippen LogP contribution in [0.4, 0.5) is 0 Å². The fraction of sp³-hybridized carbons (Fsp3) is 0.895. The SMILES string of the molecule is CC(CC(=O)N1CCC(OCCCN)CC1)NC(=O)C1CCCCC1. The Kier molecular flexibility index (Phi) is 8.68. The summed E-state index contributed by atoms with van der Waals surface area (Å²) in [6.45, 7) is 4.79. The molecule has 6 heteroatoms. The molecule has 2 fully saturated rings. The average molecular weight is 354 g/mol. The molecule has 25 heavy (non-hydrogen) atoms. The van der Waals surface area contributed by atoms with E-state index in [1.165, 1.54) is 6.42 Å². The van der Waals surface area contributed by atoms with Gasteiger partial charge >= 0.3 is 0 Å². The molecule has 2 amide bonds. The summed E-state index contributed by atoms with van der Waals surface area (Å²) < 4.78 is 5.78. The first-order valence-electron chi connectivity index (χ1n) is 10.00. The Hall–Kier alpha value is -1.14. The van der Waals surface area contributed by atoms with Gasteiger partial charge in [0.15, 0.2) is 0 Å². The van der Waals surface area contributed by atoms with Crippen LogP contribution in [0.1, 0.15) is 64.7 Å². The zero-order valence-corrected chi connectivity index (χ0v) is 15.7. The number of amides is 2. The van der Waals surface area contributed by atoms with E-state index in [9.17, 15) is 9.59 Å². The van der Waals surface area contributed by atoms with Gasteiger partial charge in [-0.15, -0.1) is 0 Å². The van der Waals surface area contributed by atoms with Crippen molar-refractivity contribution in [3.05, 3.63) is 0 Å². The van der Waals surface area contributed by atoms with E-state index in [-0.39, 0.29) is 29.9 Å². The minimum absolute atomic E-state index is 0.0968. The summed E-state index contributed by atoms with van der Waals surface area (Å²) >= 11 is 0. The maximum absolute atomic E-state index is 12.5. The van der Waals surface area contributed by atoms with Crippen LogP contribution in [0.25, 0.3) is 0 Å². The minimum Gasteiger partial charge on any atom is -0.378 e. The van der Waals surface area contributed by atoms with Gasteiger partial charge in [-0.2, -0.15) is 0 Å². The van der Waals surface area contributed by atoms with Crippen molar-refractivity contribution in [3.63, 3.8) is 0 Å². The molecule has 6 nitrogen and oxygen atoms in total. The molecule has 2 rings (SSSR count). The zero-order chi connectivity index (χ0) is 18.1. The normalized spacial score (nSPS) is 21.1. The van der Waals surface area contributed by atoms with E-state index in [4.69, 9.17) is 10.5 Å². The fourth-order valence-corrected chi connectivity index (χ4v) is 3.77. The number of likely N-dealkylation sites (tertiary alicyclic amines) is 1. The van der Waals surface area contributed by atoms with Gasteiger partial charge < -0.3 is 20.7 Å². The fourth-order valence-electron chi connectivity index (χ4n) is 3.77. The summed E-state index contributed by atoms with van der Waals surface area (Å²) in [4.78, 5) is 26.6. The smallest absolute Gasteiger partial charge is 0.224 e. The van der Waals surface area contributed by atoms with Gasteiger partial charge in [0.1, 0.15) is 0 Å². The Morgan fingerprint density at radius 1 is 1.16 bits per heavy atom. The number of rotatable bonds is 8. The predicted octanol–water partition coefficient (Wildman–Crippen LogP) is 1.82. The lowest BCUT2D eigenvalue weighted by molar-refractivity contribution is -0.134. The highest BCUT2D eigenvalue weighted by Gasteiger charge is 2.26. The van der Waals surface area contributed by atoms with Crippen molar-refractivity contribution in [2.24, 2.45) is 11.7 Å². The molecule has 1 atom stereocenters. The van der Waals surface area contributed by atoms with Crippen LogP contribution in [0.3, 0.4) is 0 Å². The van der Waals surface area contributed by atoms with Crippen molar-refractivity contribution in [2.45, 2.75) is 76.9 Å². The molecule has 3 N–H and O–H groups in total. The molecular weight excluding hydrogens is 318 g/mol. The molecule has 0 bridgehead atoms. The van der Waals surface area contributed by atoms with Crippen molar-refractivity contribution >= 4 is 11.8 Å². The van der Waals surface area contributed by atoms with Gasteiger partial charge in [-0.1, -0.05) is 19.3 Å². The third-order valence-electron chi connectivity index (χ3n) is 5.34. The average Bonchev–Trinajstić information content (AvgIpc) is 2.63. The lowest BCUT2D eigenvalue weighted by Gasteiger charge is -2.33. The predicted molar refractivity (Wildman–Crippen MR) is 98.0 cm³/mol. The van der Waals surface area contributed by atoms with Crippen molar-refractivity contribution in [2.75, 3.05) is 26.2 Å². The second kappa shape index (κ2) is 10.8. The largest absolute Gasteiger partial charge is 0.378 e. The number of hydrogen-bond donors (Lipinski definition) is 2. The van der Waals surface area contributed by atoms with Crippen LogP contribution < -0.4 is 11.1 Å². The monoisotopic (exact) mass is 353 g/mol. The van der Waals surface area contributed by atoms with Crippen LogP contribution in [-0.4, -0.2) is 55.1 Å². The number of carbonyl (C=O) groups is 2. The Balaban J connectivity index is 1.64. The summed E-state index contributed by atoms with van der Waals surface area (Å²) in [6, 6.07) is -0.0968. The topological polar surface area (TPSA) is 84.7 Å². The van der Waals surface area contributed by atoms with Crippen molar-refractivity contribution in [1.29, 1.82) is 0 Å². The Labute approximate surface area is 151 Å². The number of piperidine rings is 1. The maximum atomic E-state index is 12.5. The molecule has 1 saturated heterocycles. The van der Waals surface area contributed by atoms with Gasteiger partial charge in [-0.3, -0.25) is 9.59 Å². The van der Waals surface area contributed by atoms with E-state index in [0.29, 0.717) is 19.6 Å². The van der Waals surface area contributed by atoms with Crippen LogP contribution in [-0.2, 0) is 14.3 Å². The number of nitrogens with one attached hydrogen (secondary N) is 1. The van der Waals surface area contributed by atoms with Gasteiger partial charge in [0.25, 0.3) is 0 Å². The van der Waals surface area contributed by atoms with Crippen LogP contribution in [0.15, 0.2) is 0 Å². The second-order valence-electron chi connectivity index (χ2n) is 7.54. The second-order valence-corrected chi connectivity index (χ2v) is 7.54. The first-order valence-corrected chi connectivity index (χ1v) is 10.00. The number of ether oxygens (including phenoxy) is 1. The zero-order valence-electron chi connectivity index (χ0n) is 15.7. The summed E-state index contributed by atoms with van der Waals surface area (Å²) in [5, 5.41) is 3.04. The van der Waals surface area contributed by atoms with E-state index < -0.39 is 0 Å². The molecule has 0 aromatic heterocycles. The molecule has 1 heterocycles. The molecule has 1 saturated carbocycles. The number of nitrogens with two attached hydrogens (primary N) is 1. The molecule has 0 aromatic rings. The van der Waals surface area contributed by atoms with Crippen molar-refractivity contribution < 1.29 is 14.3 Å². The Bertz CT molecular complexity index is 416. The lowest BCUT2D eigenvalue weighted by atomic mass is 9.88. The first-order chi connectivity index (χ1) is 12.1. The van der Waals surface area contributed by atoms with Crippen LogP contribution >= 0.6 is 0 Å². The minimum atomic E-state index is -0.0968. The Morgan fingerprint density at radius 2 is 1.84 bits per heavy atom. The number of nitrogens with zero attached hydrogens (tertiary/aromatic N) is 1. The molecule has 2 aliphatic rings. The van der Waals surface area contributed by atoms with Crippen molar-refractivity contribution in [3.8, 4) is 0 Å². The van der Waals surface area contributed by atoms with Gasteiger partial charge in [-0.05, 0) is 45.6 Å². The highest BCUT2D eigenvalue weighted by molar-refractivity contribution is 5.81. The molecule has 144 valence electrons. The molecule has 1 aliphatic carbocycles. The van der Waals surface area contributed by atoms with E-state index in [1.807, 2.05) is 11.8 Å². The number of carbonyl (C=O) groups excluding carboxylic acids is 2. The summed E-state index contributed by atoms with van der Waals surface area (Å²) in [7, 11) is 0. The molecule has 0 spiro atoms. The number of hydrogen-bond acceptors (Lipinski definition) is 4. The van der Waals surface area contributed by atoms with Gasteiger partial charge in [0, 0.05) is 38.1 Å². The van der Waals surface area contributed by atoms with Gasteiger partial charge in [-0.25, -0.2) is 0 Å². The first kappa shape index (κ1) is 20.2. The third-order valence-corrected chi connectivity index (χ3v) is 5.34. The van der Waals surface area contributed by atoms with Crippen LogP contribution in [0.5, 0.6) is 0 Å². The Morgan fingerprint density at radius 3 is 2.48 bits per heavy atom. The van der Waals surface area contributed by atoms with Crippen LogP contribution in [0, 0.1) is 5.92 Å². The molecule has 1 aliphatic heterocycles. The quantitative estimate of drug-likeness (QED) is 0.652. The van der Waals surface area contributed by atoms with Gasteiger partial charge in [0.2, 0.25) is 11.8 Å². The maximum Gasteiger partial charge on any atom is 0.224 e. The summed E-state index contributed by atoms with van der Waals surface area (Å²) in [5.74, 6) is 0.414. The highest BCUT2D eigenvalue weighted by Crippen LogP contribution is 2.24. The van der Waals surface area contributed by atoms with E-state index in [0.717, 1.165) is 58.0 Å². The van der Waals surface area contributed by atoms with E-state index in [2.05, 4.69) is 5.32 Å². The molecule has 0 aromatic carbocycles. The van der Waals surface area contributed by atoms with Crippen molar-refractivity contribution in [1.82, 2.24) is 10.2 Å². The molecule has 0 radical (unpaired) electrons. The molecular formula is C19H35N3O3. The van der Waals surface area contributed by atoms with Gasteiger partial charge in [0.05, 0.1) is 6.10 Å². The van der Waals surface area contributed by atoms with Crippen LogP contribution in [0.2, 0.25) is 0 Å². The van der Waals surface area contributed by atoms with E-state index in [1.54, 1.807) is 0 Å². The highest BCUT2D eigenvalue weighted by atomic mass is 16.5. The standard InChI is InChI=1S/C19H35N3O3/c1-15(21-19(24)16-6-3-2-4-7-16)14-18(23)22-11-8-17(9-12-22)25-13-5-10-20/h15-17H,2-14,20H2,1H3,(H,21,24). The third kappa shape index (κ3) is 6.94. The summed E-state index contributed by atoms with van der Waals surface area (Å²) in [6.07, 6.45) is 8.81. The summed E-state index contributed by atoms with van der Waals surface area (Å²) in [5.41, 5.74) is 5.47. The van der Waals surface area contributed by atoms with E-state index >= 15 is 0 Å². The lowest BCUT2D eigenvalue weighted by Crippen LogP contribution is -2.45.